The molecule has 2 saturated heterocycles. The maximum Gasteiger partial charge on any atom is 0.220 e. The lowest BCUT2D eigenvalue weighted by atomic mass is 9.79. The Morgan fingerprint density at radius 3 is 2.48 bits per heavy atom. The number of hydrogen-bond acceptors (Lipinski definition) is 4. The Hall–Kier alpha value is -0.360. The summed E-state index contributed by atoms with van der Waals surface area (Å²) in [6.07, 6.45) is 10.6. The van der Waals surface area contributed by atoms with Gasteiger partial charge in [0.05, 0.1) is 13.2 Å². The summed E-state index contributed by atoms with van der Waals surface area (Å²) in [4.78, 5) is 15.0. The van der Waals surface area contributed by atoms with Gasteiger partial charge in [0, 0.05) is 31.6 Å². The summed E-state index contributed by atoms with van der Waals surface area (Å²) in [6, 6.07) is 0. The number of morpholine rings is 1. The first-order valence-electron chi connectivity index (χ1n) is 10.1. The second-order valence-corrected chi connectivity index (χ2v) is 7.89. The zero-order valence-corrected chi connectivity index (χ0v) is 16.4. The van der Waals surface area contributed by atoms with Gasteiger partial charge in [-0.25, -0.2) is 0 Å². The van der Waals surface area contributed by atoms with Crippen LogP contribution in [-0.4, -0.2) is 62.3 Å². The van der Waals surface area contributed by atoms with Crippen LogP contribution < -0.4 is 10.6 Å². The van der Waals surface area contributed by atoms with Crippen molar-refractivity contribution in [2.45, 2.75) is 63.3 Å². The van der Waals surface area contributed by atoms with Crippen molar-refractivity contribution in [3.05, 3.63) is 0 Å². The molecule has 5 nitrogen and oxygen atoms in total. The number of nitrogens with zero attached hydrogens (tertiary/aromatic N) is 1. The first-order valence-corrected chi connectivity index (χ1v) is 10.1. The van der Waals surface area contributed by atoms with Gasteiger partial charge in [-0.05, 0) is 51.1 Å². The number of halogens is 1. The predicted octanol–water partition coefficient (Wildman–Crippen LogP) is 2.34. The van der Waals surface area contributed by atoms with Gasteiger partial charge >= 0.3 is 0 Å². The third-order valence-electron chi connectivity index (χ3n) is 6.32. The maximum atomic E-state index is 12.4. The molecule has 146 valence electrons. The molecule has 0 spiro atoms. The minimum Gasteiger partial charge on any atom is -0.379 e. The number of piperidine rings is 1. The largest absolute Gasteiger partial charge is 0.379 e. The molecule has 0 aromatic rings. The van der Waals surface area contributed by atoms with Crippen molar-refractivity contribution in [2.24, 2.45) is 5.92 Å². The summed E-state index contributed by atoms with van der Waals surface area (Å²) in [5.41, 5.74) is 0.187. The first-order chi connectivity index (χ1) is 11.8. The number of ether oxygens (including phenoxy) is 1. The minimum absolute atomic E-state index is 0. The zero-order valence-electron chi connectivity index (χ0n) is 15.6. The molecule has 0 aromatic heterocycles. The van der Waals surface area contributed by atoms with E-state index in [2.05, 4.69) is 15.5 Å². The molecule has 0 aromatic carbocycles. The van der Waals surface area contributed by atoms with E-state index < -0.39 is 0 Å². The first kappa shape index (κ1) is 20.9. The normalized spacial score (nSPS) is 25.1. The van der Waals surface area contributed by atoms with E-state index in [0.717, 1.165) is 58.3 Å². The molecule has 2 aliphatic heterocycles. The average Bonchev–Trinajstić information content (AvgIpc) is 2.67. The van der Waals surface area contributed by atoms with Crippen LogP contribution in [0, 0.1) is 5.92 Å². The number of carbonyl (C=O) groups excluding carboxylic acids is 1. The van der Waals surface area contributed by atoms with Crippen molar-refractivity contribution in [1.82, 2.24) is 15.5 Å². The molecule has 6 heteroatoms. The fourth-order valence-corrected chi connectivity index (χ4v) is 4.71. The summed E-state index contributed by atoms with van der Waals surface area (Å²) in [6.45, 7) is 6.78. The quantitative estimate of drug-likeness (QED) is 0.750. The van der Waals surface area contributed by atoms with Crippen molar-refractivity contribution < 1.29 is 9.53 Å². The fourth-order valence-electron chi connectivity index (χ4n) is 4.71. The van der Waals surface area contributed by atoms with Crippen LogP contribution in [-0.2, 0) is 9.53 Å². The minimum atomic E-state index is 0. The van der Waals surface area contributed by atoms with Gasteiger partial charge in [-0.15, -0.1) is 12.4 Å². The van der Waals surface area contributed by atoms with Gasteiger partial charge in [-0.1, -0.05) is 19.3 Å². The highest BCUT2D eigenvalue weighted by Gasteiger charge is 2.38. The van der Waals surface area contributed by atoms with Crippen LogP contribution in [0.5, 0.6) is 0 Å². The molecule has 1 amide bonds. The van der Waals surface area contributed by atoms with Crippen LogP contribution in [0.4, 0.5) is 0 Å². The van der Waals surface area contributed by atoms with E-state index >= 15 is 0 Å². The Morgan fingerprint density at radius 2 is 1.80 bits per heavy atom. The Morgan fingerprint density at radius 1 is 1.12 bits per heavy atom. The van der Waals surface area contributed by atoms with Gasteiger partial charge in [0.2, 0.25) is 5.91 Å². The monoisotopic (exact) mass is 373 g/mol. The van der Waals surface area contributed by atoms with Crippen LogP contribution in [0.2, 0.25) is 0 Å². The van der Waals surface area contributed by atoms with E-state index in [1.54, 1.807) is 0 Å². The van der Waals surface area contributed by atoms with Gasteiger partial charge in [0.15, 0.2) is 0 Å². The van der Waals surface area contributed by atoms with E-state index in [0.29, 0.717) is 6.42 Å². The van der Waals surface area contributed by atoms with Crippen LogP contribution >= 0.6 is 12.4 Å². The SMILES string of the molecule is Cl.O=C(CCC1CCNCC1)NCC1(N2CCOCC2)CCCCC1. The van der Waals surface area contributed by atoms with E-state index in [-0.39, 0.29) is 23.9 Å². The standard InChI is InChI=1S/C19H35N3O2.ClH/c23-18(5-4-17-6-10-20-11-7-17)21-16-19(8-2-1-3-9-19)22-12-14-24-15-13-22;/h17,20H,1-16H2,(H,21,23);1H. The number of carbonyl (C=O) groups is 1. The zero-order chi connectivity index (χ0) is 16.7. The molecule has 0 unspecified atom stereocenters. The summed E-state index contributed by atoms with van der Waals surface area (Å²) in [7, 11) is 0. The Bertz CT molecular complexity index is 390. The van der Waals surface area contributed by atoms with Gasteiger partial charge in [0.25, 0.3) is 0 Å². The van der Waals surface area contributed by atoms with E-state index in [9.17, 15) is 4.79 Å². The van der Waals surface area contributed by atoms with Crippen molar-refractivity contribution >= 4 is 18.3 Å². The van der Waals surface area contributed by atoms with Gasteiger partial charge in [-0.3, -0.25) is 9.69 Å². The highest BCUT2D eigenvalue weighted by molar-refractivity contribution is 5.85. The smallest absolute Gasteiger partial charge is 0.220 e. The lowest BCUT2D eigenvalue weighted by Gasteiger charge is -2.48. The molecule has 2 heterocycles. The average molecular weight is 374 g/mol. The molecule has 3 rings (SSSR count). The Labute approximate surface area is 159 Å². The van der Waals surface area contributed by atoms with Gasteiger partial charge in [-0.2, -0.15) is 0 Å². The second kappa shape index (κ2) is 10.7. The Kier molecular flexibility index (Phi) is 8.97. The molecule has 0 atom stereocenters. The second-order valence-electron chi connectivity index (χ2n) is 7.89. The van der Waals surface area contributed by atoms with Crippen LogP contribution in [0.25, 0.3) is 0 Å². The molecule has 25 heavy (non-hydrogen) atoms. The third kappa shape index (κ3) is 6.09. The highest BCUT2D eigenvalue weighted by Crippen LogP contribution is 2.34. The van der Waals surface area contributed by atoms with E-state index in [1.807, 2.05) is 0 Å². The van der Waals surface area contributed by atoms with Crippen LogP contribution in [0.1, 0.15) is 57.8 Å². The molecule has 0 radical (unpaired) electrons. The van der Waals surface area contributed by atoms with Gasteiger partial charge in [0.1, 0.15) is 0 Å². The Balaban J connectivity index is 0.00000225. The van der Waals surface area contributed by atoms with Crippen molar-refractivity contribution in [3.63, 3.8) is 0 Å². The van der Waals surface area contributed by atoms with Crippen molar-refractivity contribution in [1.29, 1.82) is 0 Å². The van der Waals surface area contributed by atoms with E-state index in [1.165, 1.54) is 44.9 Å². The summed E-state index contributed by atoms with van der Waals surface area (Å²) >= 11 is 0. The number of nitrogens with one attached hydrogen (secondary N) is 2. The summed E-state index contributed by atoms with van der Waals surface area (Å²) in [5, 5.41) is 6.69. The fraction of sp³-hybridized carbons (Fsp3) is 0.947. The number of amides is 1. The molecule has 3 fully saturated rings. The third-order valence-corrected chi connectivity index (χ3v) is 6.32. The molecule has 0 bridgehead atoms. The van der Waals surface area contributed by atoms with Gasteiger partial charge < -0.3 is 15.4 Å². The lowest BCUT2D eigenvalue weighted by molar-refractivity contribution is -0.122. The topological polar surface area (TPSA) is 53.6 Å². The number of rotatable bonds is 6. The lowest BCUT2D eigenvalue weighted by Crippen LogP contribution is -2.59. The maximum absolute atomic E-state index is 12.4. The predicted molar refractivity (Wildman–Crippen MR) is 103 cm³/mol. The summed E-state index contributed by atoms with van der Waals surface area (Å²) < 4.78 is 5.53. The van der Waals surface area contributed by atoms with E-state index in [4.69, 9.17) is 4.74 Å². The molecule has 2 N–H and O–H groups in total. The highest BCUT2D eigenvalue weighted by atomic mass is 35.5. The molecule has 3 aliphatic rings. The number of hydrogen-bond donors (Lipinski definition) is 2. The van der Waals surface area contributed by atoms with Crippen LogP contribution in [0.15, 0.2) is 0 Å². The van der Waals surface area contributed by atoms with Crippen molar-refractivity contribution in [3.8, 4) is 0 Å². The van der Waals surface area contributed by atoms with Crippen molar-refractivity contribution in [2.75, 3.05) is 45.9 Å². The van der Waals surface area contributed by atoms with Crippen LogP contribution in [0.3, 0.4) is 0 Å². The molecular formula is C19H36ClN3O2. The summed E-state index contributed by atoms with van der Waals surface area (Å²) in [5.74, 6) is 0.992. The molecular weight excluding hydrogens is 338 g/mol. The molecule has 1 aliphatic carbocycles. The molecule has 1 saturated carbocycles.